The Kier molecular flexibility index (Phi) is 4.67. The molecule has 1 unspecified atom stereocenters. The van der Waals surface area contributed by atoms with Gasteiger partial charge >= 0.3 is 0 Å². The van der Waals surface area contributed by atoms with E-state index < -0.39 is 0 Å². The minimum atomic E-state index is 0.451. The number of hydrogen-bond acceptors (Lipinski definition) is 5. The SMILES string of the molecule is COc1cc(CN2CCC(Nc3ccc4[nH]ncc4c3)C2)cc(OC)c1. The molecule has 1 aromatic heterocycles. The van der Waals surface area contributed by atoms with Crippen LogP contribution in [-0.4, -0.2) is 48.4 Å². The van der Waals surface area contributed by atoms with E-state index in [1.807, 2.05) is 12.3 Å². The Labute approximate surface area is 153 Å². The van der Waals surface area contributed by atoms with Gasteiger partial charge in [0.2, 0.25) is 0 Å². The number of likely N-dealkylation sites (tertiary alicyclic amines) is 1. The molecule has 3 aromatic rings. The van der Waals surface area contributed by atoms with Crippen molar-refractivity contribution in [3.05, 3.63) is 48.2 Å². The summed E-state index contributed by atoms with van der Waals surface area (Å²) in [4.78, 5) is 2.46. The van der Waals surface area contributed by atoms with E-state index in [-0.39, 0.29) is 0 Å². The largest absolute Gasteiger partial charge is 0.497 e. The highest BCUT2D eigenvalue weighted by molar-refractivity contribution is 5.81. The lowest BCUT2D eigenvalue weighted by Gasteiger charge is -2.18. The topological polar surface area (TPSA) is 62.4 Å². The maximum atomic E-state index is 5.37. The molecular formula is C20H24N4O2. The van der Waals surface area contributed by atoms with Gasteiger partial charge in [0.05, 0.1) is 25.9 Å². The van der Waals surface area contributed by atoms with Crippen LogP contribution in [0.15, 0.2) is 42.6 Å². The van der Waals surface area contributed by atoms with Gasteiger partial charge in [-0.3, -0.25) is 10.00 Å². The van der Waals surface area contributed by atoms with Crippen molar-refractivity contribution >= 4 is 16.6 Å². The lowest BCUT2D eigenvalue weighted by Crippen LogP contribution is -2.26. The summed E-state index contributed by atoms with van der Waals surface area (Å²) in [5.41, 5.74) is 3.42. The predicted molar refractivity (Wildman–Crippen MR) is 103 cm³/mol. The fraction of sp³-hybridized carbons (Fsp3) is 0.350. The zero-order valence-corrected chi connectivity index (χ0v) is 15.2. The first-order chi connectivity index (χ1) is 12.7. The molecule has 1 atom stereocenters. The third kappa shape index (κ3) is 3.60. The van der Waals surface area contributed by atoms with E-state index in [2.05, 4.69) is 50.7 Å². The zero-order chi connectivity index (χ0) is 17.9. The summed E-state index contributed by atoms with van der Waals surface area (Å²) in [5, 5.41) is 11.9. The van der Waals surface area contributed by atoms with E-state index in [0.29, 0.717) is 6.04 Å². The van der Waals surface area contributed by atoms with Crippen molar-refractivity contribution in [3.8, 4) is 11.5 Å². The number of hydrogen-bond donors (Lipinski definition) is 2. The molecule has 2 N–H and O–H groups in total. The minimum Gasteiger partial charge on any atom is -0.497 e. The quantitative estimate of drug-likeness (QED) is 0.713. The van der Waals surface area contributed by atoms with Crippen LogP contribution in [0.2, 0.25) is 0 Å². The molecule has 0 radical (unpaired) electrons. The highest BCUT2D eigenvalue weighted by Gasteiger charge is 2.22. The fourth-order valence-corrected chi connectivity index (χ4v) is 3.58. The molecule has 136 valence electrons. The monoisotopic (exact) mass is 352 g/mol. The van der Waals surface area contributed by atoms with Crippen LogP contribution < -0.4 is 14.8 Å². The average Bonchev–Trinajstić information content (AvgIpc) is 3.30. The highest BCUT2D eigenvalue weighted by atomic mass is 16.5. The van der Waals surface area contributed by atoms with Crippen molar-refractivity contribution in [1.29, 1.82) is 0 Å². The van der Waals surface area contributed by atoms with Gasteiger partial charge in [0.15, 0.2) is 0 Å². The molecule has 0 aliphatic carbocycles. The third-order valence-corrected chi connectivity index (χ3v) is 4.90. The number of ether oxygens (including phenoxy) is 2. The number of benzene rings is 2. The Hall–Kier alpha value is -2.73. The molecule has 26 heavy (non-hydrogen) atoms. The summed E-state index contributed by atoms with van der Waals surface area (Å²) >= 11 is 0. The van der Waals surface area contributed by atoms with Crippen LogP contribution in [0.3, 0.4) is 0 Å². The number of H-pyrrole nitrogens is 1. The normalized spacial score (nSPS) is 17.5. The Morgan fingerprint density at radius 2 is 1.96 bits per heavy atom. The summed E-state index contributed by atoms with van der Waals surface area (Å²) in [7, 11) is 3.37. The second-order valence-electron chi connectivity index (χ2n) is 6.76. The second-order valence-corrected chi connectivity index (χ2v) is 6.76. The van der Waals surface area contributed by atoms with Crippen LogP contribution in [0.5, 0.6) is 11.5 Å². The number of rotatable bonds is 6. The average molecular weight is 352 g/mol. The van der Waals surface area contributed by atoms with Gasteiger partial charge in [-0.25, -0.2) is 0 Å². The van der Waals surface area contributed by atoms with Gasteiger partial charge < -0.3 is 14.8 Å². The molecule has 2 aromatic carbocycles. The lowest BCUT2D eigenvalue weighted by atomic mass is 10.2. The van der Waals surface area contributed by atoms with E-state index in [1.165, 1.54) is 5.56 Å². The van der Waals surface area contributed by atoms with Crippen molar-refractivity contribution < 1.29 is 9.47 Å². The Morgan fingerprint density at radius 3 is 2.73 bits per heavy atom. The van der Waals surface area contributed by atoms with Crippen molar-refractivity contribution in [1.82, 2.24) is 15.1 Å². The zero-order valence-electron chi connectivity index (χ0n) is 15.2. The highest BCUT2D eigenvalue weighted by Crippen LogP contribution is 2.25. The maximum Gasteiger partial charge on any atom is 0.122 e. The van der Waals surface area contributed by atoms with Crippen LogP contribution in [-0.2, 0) is 6.54 Å². The molecule has 1 aliphatic rings. The van der Waals surface area contributed by atoms with Crippen LogP contribution >= 0.6 is 0 Å². The van der Waals surface area contributed by atoms with Gasteiger partial charge in [0.25, 0.3) is 0 Å². The molecule has 1 fully saturated rings. The first kappa shape index (κ1) is 16.7. The molecular weight excluding hydrogens is 328 g/mol. The van der Waals surface area contributed by atoms with Gasteiger partial charge in [-0.05, 0) is 42.3 Å². The molecule has 0 bridgehead atoms. The van der Waals surface area contributed by atoms with E-state index in [4.69, 9.17) is 9.47 Å². The molecule has 1 aliphatic heterocycles. The molecule has 4 rings (SSSR count). The van der Waals surface area contributed by atoms with Gasteiger partial charge in [0, 0.05) is 42.8 Å². The van der Waals surface area contributed by atoms with Crippen LogP contribution in [0.4, 0.5) is 5.69 Å². The summed E-state index contributed by atoms with van der Waals surface area (Å²) in [5.74, 6) is 1.67. The Balaban J connectivity index is 1.39. The maximum absolute atomic E-state index is 5.37. The standard InChI is InChI=1S/C20H24N4O2/c1-25-18-7-14(8-19(10-18)26-2)12-24-6-5-17(13-24)22-16-3-4-20-15(9-16)11-21-23-20/h3-4,7-11,17,22H,5-6,12-13H2,1-2H3,(H,21,23). The molecule has 1 saturated heterocycles. The fourth-order valence-electron chi connectivity index (χ4n) is 3.58. The second kappa shape index (κ2) is 7.25. The lowest BCUT2D eigenvalue weighted by molar-refractivity contribution is 0.326. The van der Waals surface area contributed by atoms with Gasteiger partial charge in [-0.1, -0.05) is 0 Å². The number of aromatic amines is 1. The van der Waals surface area contributed by atoms with Gasteiger partial charge in [-0.15, -0.1) is 0 Å². The molecule has 0 spiro atoms. The first-order valence-corrected chi connectivity index (χ1v) is 8.87. The first-order valence-electron chi connectivity index (χ1n) is 8.87. The third-order valence-electron chi connectivity index (χ3n) is 4.90. The van der Waals surface area contributed by atoms with Crippen LogP contribution in [0.1, 0.15) is 12.0 Å². The number of fused-ring (bicyclic) bond motifs is 1. The number of nitrogens with zero attached hydrogens (tertiary/aromatic N) is 2. The van der Waals surface area contributed by atoms with Gasteiger partial charge in [0.1, 0.15) is 11.5 Å². The summed E-state index contributed by atoms with van der Waals surface area (Å²) in [6, 6.07) is 12.8. The molecule has 0 amide bonds. The summed E-state index contributed by atoms with van der Waals surface area (Å²) in [6.07, 6.45) is 2.99. The van der Waals surface area contributed by atoms with E-state index >= 15 is 0 Å². The van der Waals surface area contributed by atoms with Crippen molar-refractivity contribution in [3.63, 3.8) is 0 Å². The van der Waals surface area contributed by atoms with Crippen molar-refractivity contribution in [2.45, 2.75) is 19.0 Å². The van der Waals surface area contributed by atoms with E-state index in [1.54, 1.807) is 14.2 Å². The molecule has 0 saturated carbocycles. The van der Waals surface area contributed by atoms with Gasteiger partial charge in [-0.2, -0.15) is 5.10 Å². The Bertz CT molecular complexity index is 870. The molecule has 2 heterocycles. The predicted octanol–water partition coefficient (Wildman–Crippen LogP) is 3.27. The van der Waals surface area contributed by atoms with E-state index in [0.717, 1.165) is 54.1 Å². The number of methoxy groups -OCH3 is 2. The van der Waals surface area contributed by atoms with Crippen molar-refractivity contribution in [2.75, 3.05) is 32.6 Å². The Morgan fingerprint density at radius 1 is 1.15 bits per heavy atom. The number of aromatic nitrogens is 2. The van der Waals surface area contributed by atoms with Crippen molar-refractivity contribution in [2.24, 2.45) is 0 Å². The number of nitrogens with one attached hydrogen (secondary N) is 2. The van der Waals surface area contributed by atoms with Crippen LogP contribution in [0, 0.1) is 0 Å². The van der Waals surface area contributed by atoms with E-state index in [9.17, 15) is 0 Å². The summed E-state index contributed by atoms with van der Waals surface area (Å²) in [6.45, 7) is 2.99. The molecule has 6 heteroatoms. The number of anilines is 1. The van der Waals surface area contributed by atoms with Crippen LogP contribution in [0.25, 0.3) is 10.9 Å². The smallest absolute Gasteiger partial charge is 0.122 e. The minimum absolute atomic E-state index is 0.451. The summed E-state index contributed by atoms with van der Waals surface area (Å²) < 4.78 is 10.7. The molecule has 6 nitrogen and oxygen atoms in total.